The van der Waals surface area contributed by atoms with E-state index in [2.05, 4.69) is 24.0 Å². The van der Waals surface area contributed by atoms with Gasteiger partial charge in [-0.2, -0.15) is 0 Å². The van der Waals surface area contributed by atoms with Gasteiger partial charge in [-0.05, 0) is 43.9 Å². The van der Waals surface area contributed by atoms with E-state index in [1.54, 1.807) is 0 Å². The molecule has 1 aromatic rings. The monoisotopic (exact) mass is 257 g/mol. The minimum Gasteiger partial charge on any atom is -0.368 e. The van der Waals surface area contributed by atoms with Crippen LogP contribution >= 0.6 is 23.2 Å². The van der Waals surface area contributed by atoms with Gasteiger partial charge in [0.2, 0.25) is 0 Å². The summed E-state index contributed by atoms with van der Waals surface area (Å²) in [4.78, 5) is 2.41. The second-order valence-electron chi connectivity index (χ2n) is 4.46. The van der Waals surface area contributed by atoms with E-state index in [4.69, 9.17) is 23.2 Å². The van der Waals surface area contributed by atoms with Crippen molar-refractivity contribution in [1.82, 2.24) is 0 Å². The maximum atomic E-state index is 6.31. The molecule has 0 radical (unpaired) electrons. The first-order valence-corrected chi connectivity index (χ1v) is 6.74. The van der Waals surface area contributed by atoms with Crippen molar-refractivity contribution in [3.8, 4) is 0 Å². The zero-order valence-electron chi connectivity index (χ0n) is 9.55. The predicted molar refractivity (Wildman–Crippen MR) is 71.7 cm³/mol. The standard InChI is InChI=1S/C13H17Cl2N/c1-10-4-2-3-7-16(10)13-6-5-11(9-14)8-12(13)15/h5-6,8,10H,2-4,7,9H2,1H3. The zero-order chi connectivity index (χ0) is 11.5. The van der Waals surface area contributed by atoms with E-state index >= 15 is 0 Å². The van der Waals surface area contributed by atoms with Crippen LogP contribution in [-0.4, -0.2) is 12.6 Å². The van der Waals surface area contributed by atoms with E-state index in [1.807, 2.05) is 6.07 Å². The topological polar surface area (TPSA) is 3.24 Å². The molecule has 16 heavy (non-hydrogen) atoms. The summed E-state index contributed by atoms with van der Waals surface area (Å²) in [6, 6.07) is 6.73. The average Bonchev–Trinajstić information content (AvgIpc) is 2.30. The van der Waals surface area contributed by atoms with Crippen LogP contribution in [0.15, 0.2) is 18.2 Å². The number of rotatable bonds is 2. The summed E-state index contributed by atoms with van der Waals surface area (Å²) in [5, 5.41) is 0.826. The SMILES string of the molecule is CC1CCCCN1c1ccc(CCl)cc1Cl. The van der Waals surface area contributed by atoms with Gasteiger partial charge in [-0.1, -0.05) is 17.7 Å². The fourth-order valence-corrected chi connectivity index (χ4v) is 2.80. The van der Waals surface area contributed by atoms with Gasteiger partial charge in [0.15, 0.2) is 0 Å². The molecule has 88 valence electrons. The van der Waals surface area contributed by atoms with E-state index in [-0.39, 0.29) is 0 Å². The van der Waals surface area contributed by atoms with Crippen molar-refractivity contribution in [1.29, 1.82) is 0 Å². The van der Waals surface area contributed by atoms with E-state index in [0.717, 1.165) is 22.8 Å². The molecule has 0 saturated carbocycles. The number of alkyl halides is 1. The first-order chi connectivity index (χ1) is 7.72. The largest absolute Gasteiger partial charge is 0.368 e. The number of piperidine rings is 1. The average molecular weight is 258 g/mol. The van der Waals surface area contributed by atoms with Crippen LogP contribution in [0.1, 0.15) is 31.7 Å². The second kappa shape index (κ2) is 5.29. The van der Waals surface area contributed by atoms with E-state index in [0.29, 0.717) is 11.9 Å². The van der Waals surface area contributed by atoms with E-state index in [1.165, 1.54) is 19.3 Å². The molecule has 0 N–H and O–H groups in total. The Hall–Kier alpha value is -0.400. The Kier molecular flexibility index (Phi) is 3.99. The van der Waals surface area contributed by atoms with Crippen molar-refractivity contribution >= 4 is 28.9 Å². The van der Waals surface area contributed by atoms with Gasteiger partial charge in [0.05, 0.1) is 10.7 Å². The highest BCUT2D eigenvalue weighted by molar-refractivity contribution is 6.33. The van der Waals surface area contributed by atoms with E-state index in [9.17, 15) is 0 Å². The van der Waals surface area contributed by atoms with Crippen LogP contribution in [0.4, 0.5) is 5.69 Å². The van der Waals surface area contributed by atoms with Gasteiger partial charge in [0, 0.05) is 18.5 Å². The summed E-state index contributed by atoms with van der Waals surface area (Å²) in [5.74, 6) is 0.523. The zero-order valence-corrected chi connectivity index (χ0v) is 11.1. The van der Waals surface area contributed by atoms with Gasteiger partial charge in [-0.3, -0.25) is 0 Å². The molecule has 1 aliphatic heterocycles. The Morgan fingerprint density at radius 2 is 2.19 bits per heavy atom. The van der Waals surface area contributed by atoms with Gasteiger partial charge in [-0.25, -0.2) is 0 Å². The van der Waals surface area contributed by atoms with Crippen molar-refractivity contribution in [2.24, 2.45) is 0 Å². The molecule has 0 aromatic heterocycles. The van der Waals surface area contributed by atoms with Crippen LogP contribution in [0, 0.1) is 0 Å². The Morgan fingerprint density at radius 3 is 2.81 bits per heavy atom. The molecule has 1 aliphatic rings. The summed E-state index contributed by atoms with van der Waals surface area (Å²) in [7, 11) is 0. The first kappa shape index (κ1) is 12.1. The molecular weight excluding hydrogens is 241 g/mol. The number of hydrogen-bond donors (Lipinski definition) is 0. The molecule has 1 saturated heterocycles. The van der Waals surface area contributed by atoms with Crippen LogP contribution in [0.2, 0.25) is 5.02 Å². The third kappa shape index (κ3) is 2.46. The summed E-state index contributed by atoms with van der Waals surface area (Å²) in [5.41, 5.74) is 2.24. The minimum atomic E-state index is 0.523. The van der Waals surface area contributed by atoms with Gasteiger partial charge in [-0.15, -0.1) is 11.6 Å². The quantitative estimate of drug-likeness (QED) is 0.708. The maximum Gasteiger partial charge on any atom is 0.0642 e. The Balaban J connectivity index is 2.25. The minimum absolute atomic E-state index is 0.523. The molecule has 1 atom stereocenters. The van der Waals surface area contributed by atoms with Gasteiger partial charge < -0.3 is 4.90 Å². The van der Waals surface area contributed by atoms with Gasteiger partial charge >= 0.3 is 0 Å². The second-order valence-corrected chi connectivity index (χ2v) is 5.13. The molecule has 1 unspecified atom stereocenters. The molecule has 0 aliphatic carbocycles. The third-order valence-electron chi connectivity index (χ3n) is 3.28. The Labute approximate surface area is 107 Å². The van der Waals surface area contributed by atoms with Crippen molar-refractivity contribution in [2.45, 2.75) is 38.1 Å². The first-order valence-electron chi connectivity index (χ1n) is 5.83. The Morgan fingerprint density at radius 1 is 1.38 bits per heavy atom. The Bertz CT molecular complexity index is 365. The highest BCUT2D eigenvalue weighted by Gasteiger charge is 2.20. The summed E-state index contributed by atoms with van der Waals surface area (Å²) in [6.45, 7) is 3.38. The number of hydrogen-bond acceptors (Lipinski definition) is 1. The maximum absolute atomic E-state index is 6.31. The molecule has 0 bridgehead atoms. The molecule has 0 amide bonds. The van der Waals surface area contributed by atoms with Crippen LogP contribution in [0.25, 0.3) is 0 Å². The van der Waals surface area contributed by atoms with Crippen LogP contribution in [0.3, 0.4) is 0 Å². The lowest BCUT2D eigenvalue weighted by molar-refractivity contribution is 0.485. The lowest BCUT2D eigenvalue weighted by atomic mass is 10.0. The van der Waals surface area contributed by atoms with Crippen LogP contribution in [-0.2, 0) is 5.88 Å². The molecule has 0 spiro atoms. The fraction of sp³-hybridized carbons (Fsp3) is 0.538. The van der Waals surface area contributed by atoms with E-state index < -0.39 is 0 Å². The summed E-state index contributed by atoms with van der Waals surface area (Å²) < 4.78 is 0. The lowest BCUT2D eigenvalue weighted by Crippen LogP contribution is -2.37. The highest BCUT2D eigenvalue weighted by Crippen LogP contribution is 2.32. The smallest absolute Gasteiger partial charge is 0.0642 e. The normalized spacial score (nSPS) is 21.2. The number of nitrogens with zero attached hydrogens (tertiary/aromatic N) is 1. The third-order valence-corrected chi connectivity index (χ3v) is 3.89. The number of anilines is 1. The predicted octanol–water partition coefficient (Wildman–Crippen LogP) is 4.46. The molecule has 1 heterocycles. The molecule has 1 fully saturated rings. The number of halogens is 2. The van der Waals surface area contributed by atoms with Crippen molar-refractivity contribution in [2.75, 3.05) is 11.4 Å². The molecule has 3 heteroatoms. The highest BCUT2D eigenvalue weighted by atomic mass is 35.5. The van der Waals surface area contributed by atoms with Crippen LogP contribution < -0.4 is 4.90 Å². The fourth-order valence-electron chi connectivity index (χ4n) is 2.32. The lowest BCUT2D eigenvalue weighted by Gasteiger charge is -2.36. The molecule has 1 aromatic carbocycles. The summed E-state index contributed by atoms with van der Waals surface area (Å²) in [6.07, 6.45) is 3.85. The molecule has 2 rings (SSSR count). The van der Waals surface area contributed by atoms with Gasteiger partial charge in [0.1, 0.15) is 0 Å². The van der Waals surface area contributed by atoms with Crippen molar-refractivity contribution in [3.63, 3.8) is 0 Å². The van der Waals surface area contributed by atoms with Crippen LogP contribution in [0.5, 0.6) is 0 Å². The number of benzene rings is 1. The van der Waals surface area contributed by atoms with Gasteiger partial charge in [0.25, 0.3) is 0 Å². The summed E-state index contributed by atoms with van der Waals surface area (Å²) >= 11 is 12.1. The van der Waals surface area contributed by atoms with Crippen molar-refractivity contribution < 1.29 is 0 Å². The van der Waals surface area contributed by atoms with Crippen molar-refractivity contribution in [3.05, 3.63) is 28.8 Å². The molecule has 1 nitrogen and oxygen atoms in total. The molecular formula is C13H17Cl2N.